The summed E-state index contributed by atoms with van der Waals surface area (Å²) >= 11 is 0. The van der Waals surface area contributed by atoms with Gasteiger partial charge in [0.2, 0.25) is 0 Å². The van der Waals surface area contributed by atoms with Gasteiger partial charge < -0.3 is 10.4 Å². The lowest BCUT2D eigenvalue weighted by Crippen LogP contribution is -2.36. The van der Waals surface area contributed by atoms with Crippen molar-refractivity contribution in [3.63, 3.8) is 0 Å². The van der Waals surface area contributed by atoms with Gasteiger partial charge in [0.25, 0.3) is 0 Å². The predicted octanol–water partition coefficient (Wildman–Crippen LogP) is 1.59. The van der Waals surface area contributed by atoms with Gasteiger partial charge in [-0.05, 0) is 32.4 Å². The zero-order valence-electron chi connectivity index (χ0n) is 8.90. The zero-order valence-corrected chi connectivity index (χ0v) is 8.90. The highest BCUT2D eigenvalue weighted by atomic mass is 16.3. The van der Waals surface area contributed by atoms with Crippen LogP contribution in [0.15, 0.2) is 30.3 Å². The Morgan fingerprint density at radius 2 is 1.86 bits per heavy atom. The zero-order chi connectivity index (χ0) is 10.4. The molecule has 0 heterocycles. The van der Waals surface area contributed by atoms with Gasteiger partial charge in [-0.1, -0.05) is 30.3 Å². The molecule has 14 heavy (non-hydrogen) atoms. The van der Waals surface area contributed by atoms with Gasteiger partial charge in [-0.15, -0.1) is 0 Å². The van der Waals surface area contributed by atoms with Gasteiger partial charge in [-0.3, -0.25) is 0 Å². The Kier molecular flexibility index (Phi) is 4.63. The maximum Gasteiger partial charge on any atom is 0.0662 e. The SMILES string of the molecule is CC(O)C(C)NCCc1ccccc1. The summed E-state index contributed by atoms with van der Waals surface area (Å²) in [6.45, 7) is 4.71. The number of nitrogens with one attached hydrogen (secondary N) is 1. The van der Waals surface area contributed by atoms with Crippen LogP contribution < -0.4 is 5.32 Å². The number of aliphatic hydroxyl groups is 1. The Morgan fingerprint density at radius 3 is 2.43 bits per heavy atom. The Morgan fingerprint density at radius 1 is 1.21 bits per heavy atom. The highest BCUT2D eigenvalue weighted by molar-refractivity contribution is 5.14. The van der Waals surface area contributed by atoms with Crippen LogP contribution in [-0.4, -0.2) is 23.8 Å². The summed E-state index contributed by atoms with van der Waals surface area (Å²) in [5.74, 6) is 0. The molecule has 0 spiro atoms. The van der Waals surface area contributed by atoms with Crippen molar-refractivity contribution in [3.8, 4) is 0 Å². The van der Waals surface area contributed by atoms with Crippen LogP contribution in [0.2, 0.25) is 0 Å². The van der Waals surface area contributed by atoms with Gasteiger partial charge in [0, 0.05) is 6.04 Å². The summed E-state index contributed by atoms with van der Waals surface area (Å²) in [6.07, 6.45) is 0.725. The van der Waals surface area contributed by atoms with Crippen LogP contribution >= 0.6 is 0 Å². The molecule has 0 saturated carbocycles. The van der Waals surface area contributed by atoms with Crippen molar-refractivity contribution in [3.05, 3.63) is 35.9 Å². The molecule has 78 valence electrons. The minimum Gasteiger partial charge on any atom is -0.392 e. The van der Waals surface area contributed by atoms with Crippen LogP contribution in [0.4, 0.5) is 0 Å². The summed E-state index contributed by atoms with van der Waals surface area (Å²) in [5, 5.41) is 12.5. The summed E-state index contributed by atoms with van der Waals surface area (Å²) in [4.78, 5) is 0. The largest absolute Gasteiger partial charge is 0.392 e. The van der Waals surface area contributed by atoms with E-state index in [2.05, 4.69) is 17.4 Å². The topological polar surface area (TPSA) is 32.3 Å². The van der Waals surface area contributed by atoms with Gasteiger partial charge in [0.15, 0.2) is 0 Å². The average Bonchev–Trinajstić information content (AvgIpc) is 2.19. The van der Waals surface area contributed by atoms with E-state index in [-0.39, 0.29) is 12.1 Å². The molecule has 1 aromatic carbocycles. The van der Waals surface area contributed by atoms with E-state index in [4.69, 9.17) is 0 Å². The van der Waals surface area contributed by atoms with E-state index >= 15 is 0 Å². The van der Waals surface area contributed by atoms with E-state index in [0.717, 1.165) is 13.0 Å². The molecule has 1 rings (SSSR count). The molecule has 2 nitrogen and oxygen atoms in total. The van der Waals surface area contributed by atoms with Crippen molar-refractivity contribution in [2.45, 2.75) is 32.4 Å². The minimum absolute atomic E-state index is 0.165. The molecule has 0 saturated heterocycles. The fourth-order valence-electron chi connectivity index (χ4n) is 1.26. The van der Waals surface area contributed by atoms with Gasteiger partial charge in [0.05, 0.1) is 6.10 Å². The van der Waals surface area contributed by atoms with E-state index in [0.29, 0.717) is 0 Å². The number of hydrogen-bond donors (Lipinski definition) is 2. The van der Waals surface area contributed by atoms with Crippen LogP contribution in [0.1, 0.15) is 19.4 Å². The van der Waals surface area contributed by atoms with Crippen molar-refractivity contribution in [1.82, 2.24) is 5.32 Å². The van der Waals surface area contributed by atoms with E-state index in [1.54, 1.807) is 6.92 Å². The second-order valence-electron chi connectivity index (χ2n) is 3.72. The molecule has 2 N–H and O–H groups in total. The molecule has 2 unspecified atom stereocenters. The molecule has 0 bridgehead atoms. The fraction of sp³-hybridized carbons (Fsp3) is 0.500. The summed E-state index contributed by atoms with van der Waals surface area (Å²) in [5.41, 5.74) is 1.33. The molecule has 1 aromatic rings. The van der Waals surface area contributed by atoms with Gasteiger partial charge in [0.1, 0.15) is 0 Å². The maximum absolute atomic E-state index is 9.26. The second-order valence-corrected chi connectivity index (χ2v) is 3.72. The first-order chi connectivity index (χ1) is 6.70. The van der Waals surface area contributed by atoms with Crippen molar-refractivity contribution in [2.24, 2.45) is 0 Å². The highest BCUT2D eigenvalue weighted by Crippen LogP contribution is 1.99. The lowest BCUT2D eigenvalue weighted by Gasteiger charge is -2.16. The smallest absolute Gasteiger partial charge is 0.0662 e. The summed E-state index contributed by atoms with van der Waals surface area (Å²) < 4.78 is 0. The Hall–Kier alpha value is -0.860. The van der Waals surface area contributed by atoms with E-state index in [1.807, 2.05) is 25.1 Å². The van der Waals surface area contributed by atoms with Crippen LogP contribution in [-0.2, 0) is 6.42 Å². The summed E-state index contributed by atoms with van der Waals surface area (Å²) in [7, 11) is 0. The molecule has 0 aromatic heterocycles. The molecule has 2 atom stereocenters. The minimum atomic E-state index is -0.286. The van der Waals surface area contributed by atoms with Gasteiger partial charge >= 0.3 is 0 Å². The predicted molar refractivity (Wildman–Crippen MR) is 59.3 cm³/mol. The first-order valence-corrected chi connectivity index (χ1v) is 5.15. The van der Waals surface area contributed by atoms with Crippen LogP contribution in [0.5, 0.6) is 0 Å². The molecule has 0 aliphatic heterocycles. The third-order valence-electron chi connectivity index (χ3n) is 2.45. The van der Waals surface area contributed by atoms with Crippen molar-refractivity contribution < 1.29 is 5.11 Å². The molecule has 0 aliphatic rings. The third kappa shape index (κ3) is 3.90. The number of rotatable bonds is 5. The molecular formula is C12H19NO. The molecule has 2 heteroatoms. The van der Waals surface area contributed by atoms with Crippen molar-refractivity contribution >= 4 is 0 Å². The normalized spacial score (nSPS) is 15.1. The molecule has 0 radical (unpaired) electrons. The van der Waals surface area contributed by atoms with Gasteiger partial charge in [-0.2, -0.15) is 0 Å². The standard InChI is InChI=1S/C12H19NO/c1-10(11(2)14)13-9-8-12-6-4-3-5-7-12/h3-7,10-11,13-14H,8-9H2,1-2H3. The van der Waals surface area contributed by atoms with Crippen LogP contribution in [0.25, 0.3) is 0 Å². The Bertz CT molecular complexity index is 246. The van der Waals surface area contributed by atoms with Crippen LogP contribution in [0, 0.1) is 0 Å². The fourth-order valence-corrected chi connectivity index (χ4v) is 1.26. The number of hydrogen-bond acceptors (Lipinski definition) is 2. The quantitative estimate of drug-likeness (QED) is 0.744. The molecule has 0 amide bonds. The van der Waals surface area contributed by atoms with E-state index < -0.39 is 0 Å². The second kappa shape index (κ2) is 5.78. The number of benzene rings is 1. The molecule has 0 fully saturated rings. The Labute approximate surface area is 86.0 Å². The van der Waals surface area contributed by atoms with Gasteiger partial charge in [-0.25, -0.2) is 0 Å². The first kappa shape index (κ1) is 11.2. The Balaban J connectivity index is 2.22. The molecular weight excluding hydrogens is 174 g/mol. The lowest BCUT2D eigenvalue weighted by molar-refractivity contribution is 0.153. The van der Waals surface area contributed by atoms with E-state index in [1.165, 1.54) is 5.56 Å². The third-order valence-corrected chi connectivity index (χ3v) is 2.45. The number of aliphatic hydroxyl groups excluding tert-OH is 1. The highest BCUT2D eigenvalue weighted by Gasteiger charge is 2.06. The lowest BCUT2D eigenvalue weighted by atomic mass is 10.1. The summed E-state index contributed by atoms with van der Waals surface area (Å²) in [6, 6.07) is 10.5. The average molecular weight is 193 g/mol. The van der Waals surface area contributed by atoms with Crippen molar-refractivity contribution in [2.75, 3.05) is 6.54 Å². The maximum atomic E-state index is 9.26. The van der Waals surface area contributed by atoms with E-state index in [9.17, 15) is 5.11 Å². The molecule has 0 aliphatic carbocycles. The van der Waals surface area contributed by atoms with Crippen molar-refractivity contribution in [1.29, 1.82) is 0 Å². The monoisotopic (exact) mass is 193 g/mol. The first-order valence-electron chi connectivity index (χ1n) is 5.15. The van der Waals surface area contributed by atoms with Crippen LogP contribution in [0.3, 0.4) is 0 Å².